The van der Waals surface area contributed by atoms with Crippen LogP contribution in [0, 0.1) is 0 Å². The van der Waals surface area contributed by atoms with Gasteiger partial charge in [0.2, 0.25) is 0 Å². The van der Waals surface area contributed by atoms with Gasteiger partial charge in [-0.1, -0.05) is 26.2 Å². The molecule has 114 valence electrons. The summed E-state index contributed by atoms with van der Waals surface area (Å²) in [6.07, 6.45) is 1.00. The molecule has 1 rings (SSSR count). The average molecular weight is 289 g/mol. The number of ether oxygens (including phenoxy) is 1. The highest BCUT2D eigenvalue weighted by Crippen LogP contribution is 2.34. The lowest BCUT2D eigenvalue weighted by molar-refractivity contribution is -0.137. The molecule has 0 heterocycles. The zero-order valence-corrected chi connectivity index (χ0v) is 12.0. The molecular formula is C15H22F3NO. The van der Waals surface area contributed by atoms with E-state index in [1.54, 1.807) is 0 Å². The van der Waals surface area contributed by atoms with E-state index in [4.69, 9.17) is 10.5 Å². The fraction of sp³-hybridized carbons (Fsp3) is 0.600. The van der Waals surface area contributed by atoms with Crippen LogP contribution in [0.2, 0.25) is 0 Å². The Kier molecular flexibility index (Phi) is 6.17. The smallest absolute Gasteiger partial charge is 0.416 e. The molecule has 2 N–H and O–H groups in total. The minimum Gasteiger partial charge on any atom is -0.489 e. The van der Waals surface area contributed by atoms with E-state index >= 15 is 0 Å². The van der Waals surface area contributed by atoms with Crippen molar-refractivity contribution in [1.82, 2.24) is 0 Å². The summed E-state index contributed by atoms with van der Waals surface area (Å²) in [5, 5.41) is 0. The number of nitrogen functional groups attached to an aromatic ring is 1. The Balaban J connectivity index is 2.56. The van der Waals surface area contributed by atoms with Gasteiger partial charge in [-0.2, -0.15) is 13.2 Å². The Labute approximate surface area is 118 Å². The summed E-state index contributed by atoms with van der Waals surface area (Å²) in [5.74, 6) is 0.320. The van der Waals surface area contributed by atoms with Gasteiger partial charge >= 0.3 is 6.18 Å². The van der Waals surface area contributed by atoms with Crippen molar-refractivity contribution in [3.05, 3.63) is 23.8 Å². The number of alkyl halides is 3. The van der Waals surface area contributed by atoms with Gasteiger partial charge in [0.25, 0.3) is 0 Å². The van der Waals surface area contributed by atoms with Crippen LogP contribution < -0.4 is 10.5 Å². The van der Waals surface area contributed by atoms with Crippen LogP contribution in [0.1, 0.15) is 51.5 Å². The van der Waals surface area contributed by atoms with Gasteiger partial charge in [-0.15, -0.1) is 0 Å². The van der Waals surface area contributed by atoms with E-state index < -0.39 is 11.7 Å². The van der Waals surface area contributed by atoms with Crippen LogP contribution in [-0.2, 0) is 6.18 Å². The highest BCUT2D eigenvalue weighted by molar-refractivity contribution is 5.54. The summed E-state index contributed by atoms with van der Waals surface area (Å²) in [4.78, 5) is 0. The maximum absolute atomic E-state index is 12.5. The number of anilines is 1. The Morgan fingerprint density at radius 3 is 2.45 bits per heavy atom. The van der Waals surface area contributed by atoms with Crippen LogP contribution in [0.3, 0.4) is 0 Å². The quantitative estimate of drug-likeness (QED) is 0.564. The molecule has 5 heteroatoms. The zero-order valence-electron chi connectivity index (χ0n) is 12.0. The summed E-state index contributed by atoms with van der Waals surface area (Å²) >= 11 is 0. The molecule has 2 nitrogen and oxygen atoms in total. The van der Waals surface area contributed by atoms with Crippen molar-refractivity contribution in [1.29, 1.82) is 0 Å². The lowest BCUT2D eigenvalue weighted by atomic mass is 10.1. The first-order valence-electron chi connectivity index (χ1n) is 6.98. The molecule has 0 fully saturated rings. The van der Waals surface area contributed by atoms with E-state index in [1.165, 1.54) is 18.9 Å². The Morgan fingerprint density at radius 1 is 1.20 bits per heavy atom. The van der Waals surface area contributed by atoms with Crippen LogP contribution in [0.25, 0.3) is 0 Å². The Morgan fingerprint density at radius 2 is 1.90 bits per heavy atom. The van der Waals surface area contributed by atoms with E-state index in [1.807, 2.05) is 6.92 Å². The third-order valence-electron chi connectivity index (χ3n) is 3.13. The van der Waals surface area contributed by atoms with Crippen molar-refractivity contribution in [2.75, 3.05) is 5.73 Å². The predicted molar refractivity (Wildman–Crippen MR) is 74.7 cm³/mol. The Bertz CT molecular complexity index is 418. The number of hydrogen-bond donors (Lipinski definition) is 1. The average Bonchev–Trinajstić information content (AvgIpc) is 2.36. The summed E-state index contributed by atoms with van der Waals surface area (Å²) in [6.45, 7) is 4.05. The summed E-state index contributed by atoms with van der Waals surface area (Å²) in [5.41, 5.74) is 4.89. The lowest BCUT2D eigenvalue weighted by Gasteiger charge is -2.17. The van der Waals surface area contributed by atoms with E-state index in [0.29, 0.717) is 5.75 Å². The normalized spacial score (nSPS) is 13.2. The van der Waals surface area contributed by atoms with Gasteiger partial charge in [0.05, 0.1) is 17.4 Å². The molecule has 0 saturated heterocycles. The second-order valence-corrected chi connectivity index (χ2v) is 5.03. The highest BCUT2D eigenvalue weighted by Gasteiger charge is 2.31. The van der Waals surface area contributed by atoms with Crippen LogP contribution in [0.15, 0.2) is 18.2 Å². The fourth-order valence-electron chi connectivity index (χ4n) is 1.97. The molecule has 0 radical (unpaired) electrons. The van der Waals surface area contributed by atoms with E-state index in [2.05, 4.69) is 6.92 Å². The van der Waals surface area contributed by atoms with Gasteiger partial charge in [-0.05, 0) is 38.0 Å². The zero-order chi connectivity index (χ0) is 15.2. The third kappa shape index (κ3) is 5.31. The topological polar surface area (TPSA) is 35.2 Å². The van der Waals surface area contributed by atoms with E-state index in [9.17, 15) is 13.2 Å². The van der Waals surface area contributed by atoms with Crippen LogP contribution in [0.4, 0.5) is 18.9 Å². The van der Waals surface area contributed by atoms with Crippen molar-refractivity contribution in [3.8, 4) is 5.75 Å². The highest BCUT2D eigenvalue weighted by atomic mass is 19.4. The molecule has 0 spiro atoms. The molecule has 0 aliphatic rings. The lowest BCUT2D eigenvalue weighted by Crippen LogP contribution is -2.13. The van der Waals surface area contributed by atoms with Gasteiger partial charge in [-0.3, -0.25) is 0 Å². The van der Waals surface area contributed by atoms with E-state index in [0.717, 1.165) is 31.4 Å². The minimum absolute atomic E-state index is 0.0280. The fourth-order valence-corrected chi connectivity index (χ4v) is 1.97. The molecular weight excluding hydrogens is 267 g/mol. The number of halogens is 3. The maximum atomic E-state index is 12.5. The standard InChI is InChI=1S/C15H22F3NO/c1-3-4-5-6-7-11(2)20-14-9-8-12(10-13(14)19)15(16,17)18/h8-11H,3-7,19H2,1-2H3/t11-/m1/s1. The predicted octanol–water partition coefficient (Wildman–Crippen LogP) is 5.03. The molecule has 0 unspecified atom stereocenters. The summed E-state index contributed by atoms with van der Waals surface area (Å²) in [7, 11) is 0. The molecule has 0 saturated carbocycles. The first-order valence-corrected chi connectivity index (χ1v) is 6.98. The third-order valence-corrected chi connectivity index (χ3v) is 3.13. The van der Waals surface area contributed by atoms with Crippen LogP contribution in [-0.4, -0.2) is 6.10 Å². The van der Waals surface area contributed by atoms with Gasteiger partial charge in [0.1, 0.15) is 5.75 Å². The molecule has 0 amide bonds. The minimum atomic E-state index is -4.38. The second kappa shape index (κ2) is 7.41. The number of nitrogens with two attached hydrogens (primary N) is 1. The van der Waals surface area contributed by atoms with Crippen molar-refractivity contribution >= 4 is 5.69 Å². The van der Waals surface area contributed by atoms with Gasteiger partial charge in [0.15, 0.2) is 0 Å². The molecule has 1 aromatic rings. The molecule has 1 aromatic carbocycles. The van der Waals surface area contributed by atoms with Gasteiger partial charge < -0.3 is 10.5 Å². The molecule has 0 aliphatic carbocycles. The maximum Gasteiger partial charge on any atom is 0.416 e. The molecule has 0 aromatic heterocycles. The largest absolute Gasteiger partial charge is 0.489 e. The molecule has 0 bridgehead atoms. The molecule has 20 heavy (non-hydrogen) atoms. The summed E-state index contributed by atoms with van der Waals surface area (Å²) in [6, 6.07) is 3.20. The van der Waals surface area contributed by atoms with Crippen LogP contribution in [0.5, 0.6) is 5.75 Å². The van der Waals surface area contributed by atoms with Crippen molar-refractivity contribution in [2.45, 2.75) is 58.2 Å². The second-order valence-electron chi connectivity index (χ2n) is 5.03. The number of hydrogen-bond acceptors (Lipinski definition) is 2. The van der Waals surface area contributed by atoms with Crippen molar-refractivity contribution < 1.29 is 17.9 Å². The summed E-state index contributed by atoms with van der Waals surface area (Å²) < 4.78 is 43.1. The van der Waals surface area contributed by atoms with Crippen LogP contribution >= 0.6 is 0 Å². The molecule has 0 aliphatic heterocycles. The van der Waals surface area contributed by atoms with Gasteiger partial charge in [-0.25, -0.2) is 0 Å². The van der Waals surface area contributed by atoms with E-state index in [-0.39, 0.29) is 11.8 Å². The molecule has 1 atom stereocenters. The Hall–Kier alpha value is -1.39. The van der Waals surface area contributed by atoms with Gasteiger partial charge in [0, 0.05) is 0 Å². The number of benzene rings is 1. The monoisotopic (exact) mass is 289 g/mol. The first kappa shape index (κ1) is 16.7. The SMILES string of the molecule is CCCCCC[C@@H](C)Oc1ccc(C(F)(F)F)cc1N. The first-order chi connectivity index (χ1) is 9.34. The number of unbranched alkanes of at least 4 members (excludes halogenated alkanes) is 3. The van der Waals surface area contributed by atoms with Crippen molar-refractivity contribution in [2.24, 2.45) is 0 Å². The van der Waals surface area contributed by atoms with Crippen molar-refractivity contribution in [3.63, 3.8) is 0 Å². The number of rotatable bonds is 7.